The molecule has 0 atom stereocenters. The Morgan fingerprint density at radius 1 is 1.30 bits per heavy atom. The normalized spacial score (nSPS) is 11.3. The van der Waals surface area contributed by atoms with E-state index in [1.165, 1.54) is 0 Å². The standard InChI is InChI=1S/C14H16ClN5/c1-11-8-12-14(16-10-11)20(13(9-15)18-12)7-3-6-19-5-2-4-17-19/h2,4-5,8,10H,3,6-7,9H2,1H3. The third kappa shape index (κ3) is 2.54. The van der Waals surface area contributed by atoms with Gasteiger partial charge in [-0.05, 0) is 31.0 Å². The highest BCUT2D eigenvalue weighted by Crippen LogP contribution is 2.17. The van der Waals surface area contributed by atoms with Crippen LogP contribution in [0, 0.1) is 6.92 Å². The summed E-state index contributed by atoms with van der Waals surface area (Å²) in [7, 11) is 0. The van der Waals surface area contributed by atoms with Crippen molar-refractivity contribution in [2.45, 2.75) is 32.3 Å². The summed E-state index contributed by atoms with van der Waals surface area (Å²) in [5.41, 5.74) is 2.94. The Kier molecular flexibility index (Phi) is 3.69. The second kappa shape index (κ2) is 5.63. The molecule has 0 saturated heterocycles. The van der Waals surface area contributed by atoms with E-state index in [0.29, 0.717) is 5.88 Å². The molecule has 0 saturated carbocycles. The molecule has 3 aromatic rings. The first kappa shape index (κ1) is 13.1. The predicted molar refractivity (Wildman–Crippen MR) is 78.7 cm³/mol. The van der Waals surface area contributed by atoms with Crippen molar-refractivity contribution in [3.63, 3.8) is 0 Å². The number of fused-ring (bicyclic) bond motifs is 1. The number of aromatic nitrogens is 5. The largest absolute Gasteiger partial charge is 0.312 e. The lowest BCUT2D eigenvalue weighted by Gasteiger charge is -2.07. The van der Waals surface area contributed by atoms with Crippen LogP contribution in [-0.2, 0) is 19.0 Å². The van der Waals surface area contributed by atoms with E-state index >= 15 is 0 Å². The van der Waals surface area contributed by atoms with Crippen molar-refractivity contribution in [2.75, 3.05) is 0 Å². The smallest absolute Gasteiger partial charge is 0.160 e. The molecule has 0 unspecified atom stereocenters. The second-order valence-electron chi connectivity index (χ2n) is 4.79. The highest BCUT2D eigenvalue weighted by molar-refractivity contribution is 6.16. The van der Waals surface area contributed by atoms with Gasteiger partial charge in [-0.1, -0.05) is 0 Å². The summed E-state index contributed by atoms with van der Waals surface area (Å²) in [5.74, 6) is 1.28. The van der Waals surface area contributed by atoms with Gasteiger partial charge in [0.2, 0.25) is 0 Å². The number of hydrogen-bond donors (Lipinski definition) is 0. The van der Waals surface area contributed by atoms with Gasteiger partial charge in [-0.3, -0.25) is 4.68 Å². The van der Waals surface area contributed by atoms with E-state index < -0.39 is 0 Å². The maximum atomic E-state index is 5.99. The van der Waals surface area contributed by atoms with Gasteiger partial charge in [0, 0.05) is 31.7 Å². The summed E-state index contributed by atoms with van der Waals surface area (Å²) in [5, 5.41) is 4.20. The summed E-state index contributed by atoms with van der Waals surface area (Å²) in [6, 6.07) is 3.98. The zero-order chi connectivity index (χ0) is 13.9. The van der Waals surface area contributed by atoms with Crippen molar-refractivity contribution in [1.82, 2.24) is 24.3 Å². The fourth-order valence-corrected chi connectivity index (χ4v) is 2.52. The number of alkyl halides is 1. The maximum Gasteiger partial charge on any atom is 0.160 e. The number of pyridine rings is 1. The molecule has 0 aliphatic rings. The molecule has 0 aliphatic carbocycles. The lowest BCUT2D eigenvalue weighted by atomic mass is 10.3. The van der Waals surface area contributed by atoms with E-state index in [9.17, 15) is 0 Å². The molecule has 0 amide bonds. The molecule has 104 valence electrons. The Balaban J connectivity index is 1.82. The van der Waals surface area contributed by atoms with Crippen LogP contribution >= 0.6 is 11.6 Å². The average Bonchev–Trinajstić information content (AvgIpc) is 3.06. The number of halogens is 1. The number of imidazole rings is 1. The first-order chi connectivity index (χ1) is 9.78. The van der Waals surface area contributed by atoms with Crippen LogP contribution in [0.5, 0.6) is 0 Å². The fourth-order valence-electron chi connectivity index (χ4n) is 2.32. The minimum Gasteiger partial charge on any atom is -0.312 e. The van der Waals surface area contributed by atoms with Crippen molar-refractivity contribution in [3.05, 3.63) is 42.1 Å². The van der Waals surface area contributed by atoms with Crippen molar-refractivity contribution in [1.29, 1.82) is 0 Å². The Bertz CT molecular complexity index is 702. The molecule has 6 heteroatoms. The van der Waals surface area contributed by atoms with Gasteiger partial charge in [0.15, 0.2) is 5.65 Å². The van der Waals surface area contributed by atoms with E-state index in [0.717, 1.165) is 42.1 Å². The zero-order valence-electron chi connectivity index (χ0n) is 11.3. The van der Waals surface area contributed by atoms with E-state index in [2.05, 4.69) is 19.6 Å². The maximum absolute atomic E-state index is 5.99. The van der Waals surface area contributed by atoms with Crippen LogP contribution < -0.4 is 0 Å². The van der Waals surface area contributed by atoms with Crippen LogP contribution in [0.4, 0.5) is 0 Å². The second-order valence-corrected chi connectivity index (χ2v) is 5.06. The van der Waals surface area contributed by atoms with Crippen LogP contribution in [0.15, 0.2) is 30.7 Å². The number of rotatable bonds is 5. The lowest BCUT2D eigenvalue weighted by Crippen LogP contribution is -2.07. The molecule has 0 radical (unpaired) electrons. The van der Waals surface area contributed by atoms with E-state index in [1.54, 1.807) is 6.20 Å². The SMILES string of the molecule is Cc1cnc2c(c1)nc(CCl)n2CCCn1cccn1. The molecule has 5 nitrogen and oxygen atoms in total. The molecule has 0 spiro atoms. The molecule has 20 heavy (non-hydrogen) atoms. The van der Waals surface area contributed by atoms with Gasteiger partial charge < -0.3 is 4.57 Å². The summed E-state index contributed by atoms with van der Waals surface area (Å²) in [6.07, 6.45) is 6.59. The number of aryl methyl sites for hydroxylation is 3. The molecule has 0 fully saturated rings. The van der Waals surface area contributed by atoms with Gasteiger partial charge in [-0.2, -0.15) is 5.10 Å². The first-order valence-corrected chi connectivity index (χ1v) is 7.16. The minimum absolute atomic E-state index is 0.400. The first-order valence-electron chi connectivity index (χ1n) is 6.63. The average molecular weight is 290 g/mol. The van der Waals surface area contributed by atoms with Crippen molar-refractivity contribution < 1.29 is 0 Å². The predicted octanol–water partition coefficient (Wildman–Crippen LogP) is 2.77. The molecule has 0 aliphatic heterocycles. The fraction of sp³-hybridized carbons (Fsp3) is 0.357. The van der Waals surface area contributed by atoms with Crippen molar-refractivity contribution >= 4 is 22.8 Å². The Morgan fingerprint density at radius 2 is 2.20 bits per heavy atom. The lowest BCUT2D eigenvalue weighted by molar-refractivity contribution is 0.525. The summed E-state index contributed by atoms with van der Waals surface area (Å²) >= 11 is 5.99. The van der Waals surface area contributed by atoms with Crippen molar-refractivity contribution in [2.24, 2.45) is 0 Å². The highest BCUT2D eigenvalue weighted by atomic mass is 35.5. The Labute approximate surface area is 122 Å². The highest BCUT2D eigenvalue weighted by Gasteiger charge is 2.11. The van der Waals surface area contributed by atoms with Crippen LogP contribution in [0.3, 0.4) is 0 Å². The zero-order valence-corrected chi connectivity index (χ0v) is 12.1. The molecular weight excluding hydrogens is 274 g/mol. The van der Waals surface area contributed by atoms with Gasteiger partial charge in [0.1, 0.15) is 11.3 Å². The van der Waals surface area contributed by atoms with Crippen LogP contribution in [0.25, 0.3) is 11.2 Å². The third-order valence-electron chi connectivity index (χ3n) is 3.25. The van der Waals surface area contributed by atoms with Crippen molar-refractivity contribution in [3.8, 4) is 0 Å². The number of hydrogen-bond acceptors (Lipinski definition) is 3. The van der Waals surface area contributed by atoms with Gasteiger partial charge in [0.05, 0.1) is 5.88 Å². The molecule has 3 heterocycles. The van der Waals surface area contributed by atoms with Gasteiger partial charge in [-0.15, -0.1) is 11.6 Å². The number of nitrogens with zero attached hydrogens (tertiary/aromatic N) is 5. The molecule has 3 rings (SSSR count). The van der Waals surface area contributed by atoms with E-state index in [1.807, 2.05) is 36.1 Å². The van der Waals surface area contributed by atoms with Crippen LogP contribution in [-0.4, -0.2) is 24.3 Å². The molecule has 0 bridgehead atoms. The quantitative estimate of drug-likeness (QED) is 0.679. The van der Waals surface area contributed by atoms with Crippen LogP contribution in [0.1, 0.15) is 17.8 Å². The van der Waals surface area contributed by atoms with Gasteiger partial charge in [-0.25, -0.2) is 9.97 Å². The Hall–Kier alpha value is -1.88. The molecular formula is C14H16ClN5. The summed E-state index contributed by atoms with van der Waals surface area (Å²) in [6.45, 7) is 3.73. The van der Waals surface area contributed by atoms with Gasteiger partial charge >= 0.3 is 0 Å². The van der Waals surface area contributed by atoms with E-state index in [4.69, 9.17) is 11.6 Å². The summed E-state index contributed by atoms with van der Waals surface area (Å²) in [4.78, 5) is 9.04. The molecule has 0 aromatic carbocycles. The monoisotopic (exact) mass is 289 g/mol. The summed E-state index contributed by atoms with van der Waals surface area (Å²) < 4.78 is 4.03. The third-order valence-corrected chi connectivity index (χ3v) is 3.49. The minimum atomic E-state index is 0.400. The Morgan fingerprint density at radius 3 is 2.95 bits per heavy atom. The molecule has 0 N–H and O–H groups in total. The molecule has 3 aromatic heterocycles. The van der Waals surface area contributed by atoms with Gasteiger partial charge in [0.25, 0.3) is 0 Å². The topological polar surface area (TPSA) is 48.5 Å². The van der Waals surface area contributed by atoms with Crippen LogP contribution in [0.2, 0.25) is 0 Å². The van der Waals surface area contributed by atoms with E-state index in [-0.39, 0.29) is 0 Å².